The molecule has 0 aliphatic carbocycles. The van der Waals surface area contributed by atoms with Gasteiger partial charge in [0.25, 0.3) is 0 Å². The Hall–Kier alpha value is -2.92. The van der Waals surface area contributed by atoms with Crippen LogP contribution in [0.1, 0.15) is 12.5 Å². The van der Waals surface area contributed by atoms with Crippen molar-refractivity contribution in [2.24, 2.45) is 0 Å². The third-order valence-corrected chi connectivity index (χ3v) is 2.43. The molecule has 0 spiro atoms. The lowest BCUT2D eigenvalue weighted by Gasteiger charge is -2.09. The van der Waals surface area contributed by atoms with Gasteiger partial charge >= 0.3 is 5.97 Å². The lowest BCUT2D eigenvalue weighted by molar-refractivity contribution is -0.137. The molecule has 1 aromatic rings. The molecule has 1 aromatic carbocycles. The van der Waals surface area contributed by atoms with Gasteiger partial charge in [-0.1, -0.05) is 12.0 Å². The second-order valence-electron chi connectivity index (χ2n) is 3.79. The predicted molar refractivity (Wildman–Crippen MR) is 77.5 cm³/mol. The molecule has 0 fully saturated rings. The molecule has 5 heteroatoms. The molecule has 0 radical (unpaired) electrons. The Labute approximate surface area is 123 Å². The molecule has 0 saturated carbocycles. The molecule has 108 valence electrons. The van der Waals surface area contributed by atoms with Crippen LogP contribution >= 0.6 is 0 Å². The lowest BCUT2D eigenvalue weighted by atomic mass is 10.1. The number of hydrogen-bond donors (Lipinski definition) is 0. The van der Waals surface area contributed by atoms with Crippen molar-refractivity contribution in [3.8, 4) is 29.9 Å². The van der Waals surface area contributed by atoms with E-state index in [9.17, 15) is 4.79 Å². The Kier molecular flexibility index (Phi) is 6.37. The van der Waals surface area contributed by atoms with E-state index in [0.29, 0.717) is 17.1 Å². The fraction of sp³-hybridized carbons (Fsp3) is 0.250. The first kappa shape index (κ1) is 16.1. The van der Waals surface area contributed by atoms with Crippen LogP contribution in [-0.2, 0) is 9.53 Å². The van der Waals surface area contributed by atoms with Crippen molar-refractivity contribution in [1.29, 1.82) is 5.26 Å². The first-order chi connectivity index (χ1) is 10.2. The van der Waals surface area contributed by atoms with Crippen molar-refractivity contribution in [2.45, 2.75) is 6.92 Å². The number of terminal acetylenes is 1. The minimum atomic E-state index is -0.661. The fourth-order valence-electron chi connectivity index (χ4n) is 1.52. The maximum atomic E-state index is 11.6. The van der Waals surface area contributed by atoms with E-state index in [2.05, 4.69) is 5.92 Å². The molecule has 0 atom stereocenters. The van der Waals surface area contributed by atoms with Crippen LogP contribution in [0.25, 0.3) is 6.08 Å². The van der Waals surface area contributed by atoms with Crippen LogP contribution in [0.3, 0.4) is 0 Å². The number of nitrogens with zero attached hydrogens (tertiary/aromatic N) is 1. The van der Waals surface area contributed by atoms with E-state index in [0.717, 1.165) is 0 Å². The Morgan fingerprint density at radius 2 is 2.19 bits per heavy atom. The zero-order valence-electron chi connectivity index (χ0n) is 11.9. The van der Waals surface area contributed by atoms with Gasteiger partial charge in [-0.05, 0) is 30.7 Å². The summed E-state index contributed by atoms with van der Waals surface area (Å²) in [5, 5.41) is 8.98. The topological polar surface area (TPSA) is 68.5 Å². The molecule has 0 unspecified atom stereocenters. The zero-order chi connectivity index (χ0) is 15.7. The van der Waals surface area contributed by atoms with E-state index in [4.69, 9.17) is 25.9 Å². The van der Waals surface area contributed by atoms with Crippen LogP contribution in [0.5, 0.6) is 11.5 Å². The first-order valence-electron chi connectivity index (χ1n) is 6.19. The van der Waals surface area contributed by atoms with Crippen molar-refractivity contribution < 1.29 is 19.0 Å². The van der Waals surface area contributed by atoms with Gasteiger partial charge in [0.1, 0.15) is 18.2 Å². The van der Waals surface area contributed by atoms with Gasteiger partial charge in [0.05, 0.1) is 13.7 Å². The molecule has 0 bridgehead atoms. The average Bonchev–Trinajstić information content (AvgIpc) is 2.51. The zero-order valence-corrected chi connectivity index (χ0v) is 11.9. The SMILES string of the molecule is C#CCOc1ccc(/C=C(\C#N)C(=O)OCC)cc1OC. The number of ether oxygens (including phenoxy) is 3. The maximum Gasteiger partial charge on any atom is 0.348 e. The number of hydrogen-bond acceptors (Lipinski definition) is 5. The summed E-state index contributed by atoms with van der Waals surface area (Å²) < 4.78 is 15.3. The summed E-state index contributed by atoms with van der Waals surface area (Å²) in [5.41, 5.74) is 0.528. The van der Waals surface area contributed by atoms with Gasteiger partial charge in [-0.15, -0.1) is 6.42 Å². The second kappa shape index (κ2) is 8.29. The number of benzene rings is 1. The van der Waals surface area contributed by atoms with Gasteiger partial charge in [0.15, 0.2) is 11.5 Å². The van der Waals surface area contributed by atoms with Crippen molar-refractivity contribution in [3.63, 3.8) is 0 Å². The molecular weight excluding hydrogens is 270 g/mol. The Balaban J connectivity index is 3.06. The molecule has 21 heavy (non-hydrogen) atoms. The summed E-state index contributed by atoms with van der Waals surface area (Å²) >= 11 is 0. The highest BCUT2D eigenvalue weighted by molar-refractivity contribution is 5.97. The summed E-state index contributed by atoms with van der Waals surface area (Å²) in [7, 11) is 1.49. The molecule has 0 aliphatic heterocycles. The van der Waals surface area contributed by atoms with E-state index in [1.165, 1.54) is 13.2 Å². The van der Waals surface area contributed by atoms with Gasteiger partial charge < -0.3 is 14.2 Å². The molecule has 0 amide bonds. The number of carbonyl (C=O) groups is 1. The van der Waals surface area contributed by atoms with Crippen molar-refractivity contribution in [1.82, 2.24) is 0 Å². The monoisotopic (exact) mass is 285 g/mol. The molecule has 0 saturated heterocycles. The normalized spacial score (nSPS) is 10.2. The van der Waals surface area contributed by atoms with Gasteiger partial charge in [-0.25, -0.2) is 4.79 Å². The van der Waals surface area contributed by atoms with E-state index < -0.39 is 5.97 Å². The van der Waals surface area contributed by atoms with E-state index in [-0.39, 0.29) is 18.8 Å². The largest absolute Gasteiger partial charge is 0.493 e. The number of methoxy groups -OCH3 is 1. The molecule has 0 heterocycles. The van der Waals surface area contributed by atoms with E-state index >= 15 is 0 Å². The van der Waals surface area contributed by atoms with Gasteiger partial charge in [0.2, 0.25) is 0 Å². The summed E-state index contributed by atoms with van der Waals surface area (Å²) in [5.74, 6) is 2.64. The Bertz CT molecular complexity index is 620. The Morgan fingerprint density at radius 3 is 2.76 bits per heavy atom. The van der Waals surface area contributed by atoms with Crippen LogP contribution in [-0.4, -0.2) is 26.3 Å². The van der Waals surface area contributed by atoms with Crippen molar-refractivity contribution in [2.75, 3.05) is 20.3 Å². The van der Waals surface area contributed by atoms with Gasteiger partial charge in [0, 0.05) is 0 Å². The molecule has 0 aromatic heterocycles. The highest BCUT2D eigenvalue weighted by Gasteiger charge is 2.11. The third kappa shape index (κ3) is 4.59. The summed E-state index contributed by atoms with van der Waals surface area (Å²) in [4.78, 5) is 11.6. The van der Waals surface area contributed by atoms with Crippen molar-refractivity contribution in [3.05, 3.63) is 29.3 Å². The number of nitriles is 1. The van der Waals surface area contributed by atoms with Crippen molar-refractivity contribution >= 4 is 12.0 Å². The smallest absolute Gasteiger partial charge is 0.348 e. The van der Waals surface area contributed by atoms with Gasteiger partial charge in [-0.3, -0.25) is 0 Å². The summed E-state index contributed by atoms with van der Waals surface area (Å²) in [6.45, 7) is 2.01. The van der Waals surface area contributed by atoms with Crippen LogP contribution in [0, 0.1) is 23.7 Å². The number of rotatable bonds is 6. The predicted octanol–water partition coefficient (Wildman–Crippen LogP) is 2.18. The fourth-order valence-corrected chi connectivity index (χ4v) is 1.52. The lowest BCUT2D eigenvalue weighted by Crippen LogP contribution is -2.06. The molecule has 0 N–H and O–H groups in total. The van der Waals surface area contributed by atoms with Crippen LogP contribution < -0.4 is 9.47 Å². The highest BCUT2D eigenvalue weighted by Crippen LogP contribution is 2.28. The number of carbonyl (C=O) groups excluding carboxylic acids is 1. The Morgan fingerprint density at radius 1 is 1.43 bits per heavy atom. The van der Waals surface area contributed by atoms with Crippen LogP contribution in [0.2, 0.25) is 0 Å². The standard InChI is InChI=1S/C16H15NO4/c1-4-8-21-14-7-6-12(10-15(14)19-3)9-13(11-17)16(18)20-5-2/h1,6-7,9-10H,5,8H2,2-3H3/b13-9+. The van der Waals surface area contributed by atoms with E-state index in [1.807, 2.05) is 6.07 Å². The maximum absolute atomic E-state index is 11.6. The highest BCUT2D eigenvalue weighted by atomic mass is 16.5. The molecular formula is C16H15NO4. The quantitative estimate of drug-likeness (QED) is 0.347. The minimum Gasteiger partial charge on any atom is -0.493 e. The van der Waals surface area contributed by atoms with Crippen LogP contribution in [0.15, 0.2) is 23.8 Å². The average molecular weight is 285 g/mol. The molecule has 0 aliphatic rings. The third-order valence-electron chi connectivity index (χ3n) is 2.43. The van der Waals surface area contributed by atoms with E-state index in [1.54, 1.807) is 25.1 Å². The molecule has 5 nitrogen and oxygen atoms in total. The van der Waals surface area contributed by atoms with Gasteiger partial charge in [-0.2, -0.15) is 5.26 Å². The molecule has 1 rings (SSSR count). The number of esters is 1. The van der Waals surface area contributed by atoms with Crippen LogP contribution in [0.4, 0.5) is 0 Å². The first-order valence-corrected chi connectivity index (χ1v) is 6.19. The minimum absolute atomic E-state index is 0.0869. The summed E-state index contributed by atoms with van der Waals surface area (Å²) in [6, 6.07) is 6.79. The second-order valence-corrected chi connectivity index (χ2v) is 3.79. The summed E-state index contributed by atoms with van der Waals surface area (Å²) in [6.07, 6.45) is 6.55.